The molecule has 1 aromatic carbocycles. The van der Waals surface area contributed by atoms with Crippen molar-refractivity contribution in [2.75, 3.05) is 20.1 Å². The number of halogens is 1. The molecule has 0 aliphatic heterocycles. The fraction of sp³-hybridized carbons (Fsp3) is 0.533. The topological polar surface area (TPSA) is 47.6 Å². The van der Waals surface area contributed by atoms with Gasteiger partial charge in [-0.2, -0.15) is 0 Å². The molecule has 1 amide bonds. The Morgan fingerprint density at radius 1 is 1.30 bits per heavy atom. The molecule has 1 saturated carbocycles. The van der Waals surface area contributed by atoms with E-state index in [9.17, 15) is 4.79 Å². The van der Waals surface area contributed by atoms with E-state index in [1.54, 1.807) is 32.4 Å². The number of carbonyl (C=O) groups is 1. The molecule has 1 N–H and O–H groups in total. The maximum Gasteiger partial charge on any atom is 0.255 e. The second kappa shape index (κ2) is 6.35. The summed E-state index contributed by atoms with van der Waals surface area (Å²) in [7, 11) is 3.12. The molecule has 0 radical (unpaired) electrons. The zero-order chi connectivity index (χ0) is 14.6. The van der Waals surface area contributed by atoms with Crippen molar-refractivity contribution in [3.8, 4) is 11.5 Å². The molecule has 1 aromatic rings. The van der Waals surface area contributed by atoms with E-state index < -0.39 is 0 Å². The van der Waals surface area contributed by atoms with Crippen molar-refractivity contribution < 1.29 is 14.3 Å². The zero-order valence-corrected chi connectivity index (χ0v) is 12.6. The Morgan fingerprint density at radius 2 is 2.00 bits per heavy atom. The van der Waals surface area contributed by atoms with E-state index in [2.05, 4.69) is 5.32 Å². The van der Waals surface area contributed by atoms with Crippen LogP contribution in [-0.2, 0) is 0 Å². The minimum atomic E-state index is -0.285. The van der Waals surface area contributed by atoms with Gasteiger partial charge in [0.05, 0.1) is 25.3 Å². The summed E-state index contributed by atoms with van der Waals surface area (Å²) in [6.45, 7) is 0. The molecule has 20 heavy (non-hydrogen) atoms. The summed E-state index contributed by atoms with van der Waals surface area (Å²) >= 11 is 6.06. The molecule has 0 bridgehead atoms. The number of carbonyl (C=O) groups excluding carboxylic acids is 1. The number of hydrogen-bond donors (Lipinski definition) is 1. The van der Waals surface area contributed by atoms with Gasteiger partial charge < -0.3 is 14.8 Å². The standard InChI is InChI=1S/C15H20ClNO3/c1-19-11-5-6-13(20-2)12(9-11)14(18)17-15(10-16)7-3-4-8-15/h5-6,9H,3-4,7-8,10H2,1-2H3,(H,17,18). The highest BCUT2D eigenvalue weighted by Gasteiger charge is 2.35. The lowest BCUT2D eigenvalue weighted by Crippen LogP contribution is -2.48. The molecular formula is C15H20ClNO3. The van der Waals surface area contributed by atoms with Crippen molar-refractivity contribution in [2.24, 2.45) is 0 Å². The minimum Gasteiger partial charge on any atom is -0.497 e. The first kappa shape index (κ1) is 15.0. The molecule has 110 valence electrons. The third-order valence-corrected chi connectivity index (χ3v) is 4.36. The van der Waals surface area contributed by atoms with Crippen LogP contribution in [-0.4, -0.2) is 31.5 Å². The van der Waals surface area contributed by atoms with Crippen LogP contribution in [0.4, 0.5) is 0 Å². The Morgan fingerprint density at radius 3 is 2.55 bits per heavy atom. The summed E-state index contributed by atoms with van der Waals surface area (Å²) in [4.78, 5) is 12.5. The molecule has 0 saturated heterocycles. The maximum atomic E-state index is 12.5. The Bertz CT molecular complexity index is 484. The average Bonchev–Trinajstić information content (AvgIpc) is 2.95. The quantitative estimate of drug-likeness (QED) is 0.850. The van der Waals surface area contributed by atoms with Gasteiger partial charge in [-0.05, 0) is 31.0 Å². The van der Waals surface area contributed by atoms with Crippen LogP contribution >= 0.6 is 11.6 Å². The predicted octanol–water partition coefficient (Wildman–Crippen LogP) is 2.99. The molecule has 1 aliphatic rings. The highest BCUT2D eigenvalue weighted by atomic mass is 35.5. The lowest BCUT2D eigenvalue weighted by atomic mass is 9.99. The second-order valence-electron chi connectivity index (χ2n) is 5.14. The van der Waals surface area contributed by atoms with Crippen LogP contribution in [0, 0.1) is 0 Å². The molecule has 0 unspecified atom stereocenters. The van der Waals surface area contributed by atoms with Gasteiger partial charge in [0, 0.05) is 5.88 Å². The highest BCUT2D eigenvalue weighted by molar-refractivity contribution is 6.19. The average molecular weight is 298 g/mol. The van der Waals surface area contributed by atoms with Gasteiger partial charge >= 0.3 is 0 Å². The van der Waals surface area contributed by atoms with Gasteiger partial charge in [-0.15, -0.1) is 11.6 Å². The van der Waals surface area contributed by atoms with Crippen LogP contribution in [0.5, 0.6) is 11.5 Å². The summed E-state index contributed by atoms with van der Waals surface area (Å²) < 4.78 is 10.4. The normalized spacial score (nSPS) is 16.8. The predicted molar refractivity (Wildman–Crippen MR) is 78.9 cm³/mol. The molecule has 1 fully saturated rings. The molecule has 4 nitrogen and oxygen atoms in total. The molecule has 0 heterocycles. The molecule has 1 aliphatic carbocycles. The Labute approximate surface area is 124 Å². The van der Waals surface area contributed by atoms with Gasteiger partial charge in [0.1, 0.15) is 11.5 Å². The van der Waals surface area contributed by atoms with Crippen molar-refractivity contribution in [1.82, 2.24) is 5.32 Å². The number of nitrogens with one attached hydrogen (secondary N) is 1. The molecule has 2 rings (SSSR count). The van der Waals surface area contributed by atoms with Gasteiger partial charge in [0.15, 0.2) is 0 Å². The Balaban J connectivity index is 2.23. The number of ether oxygens (including phenoxy) is 2. The minimum absolute atomic E-state index is 0.164. The SMILES string of the molecule is COc1ccc(OC)c(C(=O)NC2(CCl)CCCC2)c1. The van der Waals surface area contributed by atoms with Gasteiger partial charge in [-0.25, -0.2) is 0 Å². The smallest absolute Gasteiger partial charge is 0.255 e. The summed E-state index contributed by atoms with van der Waals surface area (Å²) in [6, 6.07) is 5.18. The van der Waals surface area contributed by atoms with E-state index in [4.69, 9.17) is 21.1 Å². The van der Waals surface area contributed by atoms with E-state index in [1.807, 2.05) is 0 Å². The second-order valence-corrected chi connectivity index (χ2v) is 5.41. The van der Waals surface area contributed by atoms with Crippen LogP contribution in [0.15, 0.2) is 18.2 Å². The van der Waals surface area contributed by atoms with E-state index in [0.717, 1.165) is 25.7 Å². The van der Waals surface area contributed by atoms with Crippen molar-refractivity contribution in [3.63, 3.8) is 0 Å². The number of rotatable bonds is 5. The van der Waals surface area contributed by atoms with Gasteiger partial charge in [-0.3, -0.25) is 4.79 Å². The van der Waals surface area contributed by atoms with E-state index in [0.29, 0.717) is 22.9 Å². The Hall–Kier alpha value is -1.42. The first-order chi connectivity index (χ1) is 9.64. The third kappa shape index (κ3) is 3.01. The Kier molecular flexibility index (Phi) is 4.76. The zero-order valence-electron chi connectivity index (χ0n) is 11.9. The third-order valence-electron chi connectivity index (χ3n) is 3.85. The summed E-state index contributed by atoms with van der Waals surface area (Å²) in [5, 5.41) is 3.08. The maximum absolute atomic E-state index is 12.5. The van der Waals surface area contributed by atoms with E-state index >= 15 is 0 Å². The first-order valence-corrected chi connectivity index (χ1v) is 7.28. The lowest BCUT2D eigenvalue weighted by Gasteiger charge is -2.28. The van der Waals surface area contributed by atoms with Crippen LogP contribution in [0.2, 0.25) is 0 Å². The number of methoxy groups -OCH3 is 2. The van der Waals surface area contributed by atoms with Crippen molar-refractivity contribution in [3.05, 3.63) is 23.8 Å². The van der Waals surface area contributed by atoms with Crippen LogP contribution in [0.25, 0.3) is 0 Å². The number of benzene rings is 1. The van der Waals surface area contributed by atoms with Gasteiger partial charge in [0.25, 0.3) is 5.91 Å². The monoisotopic (exact) mass is 297 g/mol. The van der Waals surface area contributed by atoms with Gasteiger partial charge in [0.2, 0.25) is 0 Å². The van der Waals surface area contributed by atoms with E-state index in [1.165, 1.54) is 0 Å². The van der Waals surface area contributed by atoms with E-state index in [-0.39, 0.29) is 11.4 Å². The first-order valence-electron chi connectivity index (χ1n) is 6.74. The van der Waals surface area contributed by atoms with Crippen LogP contribution in [0.1, 0.15) is 36.0 Å². The summed E-state index contributed by atoms with van der Waals surface area (Å²) in [6.07, 6.45) is 4.05. The largest absolute Gasteiger partial charge is 0.497 e. The van der Waals surface area contributed by atoms with Crippen molar-refractivity contribution >= 4 is 17.5 Å². The summed E-state index contributed by atoms with van der Waals surface area (Å²) in [5.74, 6) is 1.43. The summed E-state index contributed by atoms with van der Waals surface area (Å²) in [5.41, 5.74) is 0.190. The fourth-order valence-corrected chi connectivity index (χ4v) is 2.98. The lowest BCUT2D eigenvalue weighted by molar-refractivity contribution is 0.0906. The van der Waals surface area contributed by atoms with Gasteiger partial charge in [-0.1, -0.05) is 12.8 Å². The number of hydrogen-bond acceptors (Lipinski definition) is 3. The number of alkyl halides is 1. The van der Waals surface area contributed by atoms with Crippen molar-refractivity contribution in [2.45, 2.75) is 31.2 Å². The number of amides is 1. The highest BCUT2D eigenvalue weighted by Crippen LogP contribution is 2.32. The molecule has 0 atom stereocenters. The molecule has 0 aromatic heterocycles. The molecule has 0 spiro atoms. The molecule has 5 heteroatoms. The van der Waals surface area contributed by atoms with Crippen LogP contribution < -0.4 is 14.8 Å². The van der Waals surface area contributed by atoms with Crippen LogP contribution in [0.3, 0.4) is 0 Å². The fourth-order valence-electron chi connectivity index (χ4n) is 2.64. The van der Waals surface area contributed by atoms with Crippen molar-refractivity contribution in [1.29, 1.82) is 0 Å². The molecular weight excluding hydrogens is 278 g/mol.